The van der Waals surface area contributed by atoms with E-state index in [1.54, 1.807) is 12.1 Å². The van der Waals surface area contributed by atoms with E-state index in [0.717, 1.165) is 12.8 Å². The van der Waals surface area contributed by atoms with Crippen LogP contribution in [0.1, 0.15) is 18.4 Å². The summed E-state index contributed by atoms with van der Waals surface area (Å²) in [6.45, 7) is 0. The van der Waals surface area contributed by atoms with Crippen LogP contribution in [0, 0.1) is 0 Å². The maximum absolute atomic E-state index is 9.81. The van der Waals surface area contributed by atoms with E-state index < -0.39 is 5.60 Å². The monoisotopic (exact) mass is 236 g/mol. The second-order valence-corrected chi connectivity index (χ2v) is 4.42. The van der Waals surface area contributed by atoms with Crippen LogP contribution in [0.2, 0.25) is 15.1 Å². The topological polar surface area (TPSA) is 20.2 Å². The van der Waals surface area contributed by atoms with E-state index in [2.05, 4.69) is 0 Å². The molecule has 0 unspecified atom stereocenters. The van der Waals surface area contributed by atoms with Gasteiger partial charge in [0, 0.05) is 5.56 Å². The Labute approximate surface area is 91.2 Å². The number of halogens is 3. The molecular weight excluding hydrogens is 230 g/mol. The Balaban J connectivity index is 2.54. The van der Waals surface area contributed by atoms with Crippen LogP contribution in [0.15, 0.2) is 12.1 Å². The zero-order valence-electron chi connectivity index (χ0n) is 6.65. The smallest absolute Gasteiger partial charge is 0.0913 e. The largest absolute Gasteiger partial charge is 0.385 e. The molecule has 1 aromatic carbocycles. The van der Waals surface area contributed by atoms with Crippen molar-refractivity contribution in [1.82, 2.24) is 0 Å². The molecule has 1 aliphatic rings. The molecule has 1 fully saturated rings. The zero-order valence-corrected chi connectivity index (χ0v) is 8.92. The fourth-order valence-electron chi connectivity index (χ4n) is 1.27. The molecule has 0 heterocycles. The van der Waals surface area contributed by atoms with Gasteiger partial charge in [-0.2, -0.15) is 0 Å². The Kier molecular flexibility index (Phi) is 2.23. The lowest BCUT2D eigenvalue weighted by Gasteiger charge is -2.11. The number of rotatable bonds is 1. The van der Waals surface area contributed by atoms with E-state index >= 15 is 0 Å². The normalized spacial score (nSPS) is 18.8. The Bertz CT molecular complexity index is 358. The minimum absolute atomic E-state index is 0.321. The molecule has 1 aromatic rings. The maximum atomic E-state index is 9.81. The summed E-state index contributed by atoms with van der Waals surface area (Å²) in [5.74, 6) is 0. The number of aliphatic hydroxyl groups is 1. The highest BCUT2D eigenvalue weighted by Crippen LogP contribution is 2.50. The summed E-state index contributed by atoms with van der Waals surface area (Å²) in [5, 5.41) is 10.9. The summed E-state index contributed by atoms with van der Waals surface area (Å²) in [6, 6.07) is 3.38. The molecule has 1 nitrogen and oxygen atoms in total. The minimum Gasteiger partial charge on any atom is -0.385 e. The molecule has 70 valence electrons. The van der Waals surface area contributed by atoms with E-state index in [-0.39, 0.29) is 0 Å². The first-order valence-electron chi connectivity index (χ1n) is 3.91. The van der Waals surface area contributed by atoms with Crippen molar-refractivity contribution in [2.24, 2.45) is 0 Å². The van der Waals surface area contributed by atoms with Crippen molar-refractivity contribution < 1.29 is 5.11 Å². The molecule has 0 radical (unpaired) electrons. The molecule has 0 aromatic heterocycles. The Morgan fingerprint density at radius 1 is 1.08 bits per heavy atom. The predicted octanol–water partition coefficient (Wildman–Crippen LogP) is 3.63. The first-order valence-corrected chi connectivity index (χ1v) is 5.04. The molecule has 1 saturated carbocycles. The van der Waals surface area contributed by atoms with E-state index in [9.17, 15) is 5.11 Å². The van der Waals surface area contributed by atoms with Crippen molar-refractivity contribution in [1.29, 1.82) is 0 Å². The van der Waals surface area contributed by atoms with Gasteiger partial charge in [-0.3, -0.25) is 0 Å². The van der Waals surface area contributed by atoms with Crippen LogP contribution < -0.4 is 0 Å². The SMILES string of the molecule is OC1(c2ccc(Cl)c(Cl)c2Cl)CC1. The molecule has 2 rings (SSSR count). The third kappa shape index (κ3) is 1.55. The average molecular weight is 238 g/mol. The van der Waals surface area contributed by atoms with Crippen molar-refractivity contribution in [2.45, 2.75) is 18.4 Å². The standard InChI is InChI=1S/C9H7Cl3O/c10-6-2-1-5(7(11)8(6)12)9(13)3-4-9/h1-2,13H,3-4H2. The summed E-state index contributed by atoms with van der Waals surface area (Å²) < 4.78 is 0. The fourth-order valence-corrected chi connectivity index (χ4v) is 1.98. The van der Waals surface area contributed by atoms with Crippen LogP contribution in [0.25, 0.3) is 0 Å². The van der Waals surface area contributed by atoms with Crippen LogP contribution in [-0.4, -0.2) is 5.11 Å². The molecule has 1 aliphatic carbocycles. The number of hydrogen-bond donors (Lipinski definition) is 1. The lowest BCUT2D eigenvalue weighted by molar-refractivity contribution is 0.151. The highest BCUT2D eigenvalue weighted by molar-refractivity contribution is 6.48. The molecule has 0 bridgehead atoms. The Morgan fingerprint density at radius 2 is 1.69 bits per heavy atom. The van der Waals surface area contributed by atoms with E-state index in [0.29, 0.717) is 20.6 Å². The second-order valence-electron chi connectivity index (χ2n) is 3.25. The van der Waals surface area contributed by atoms with Crippen molar-refractivity contribution in [3.63, 3.8) is 0 Å². The van der Waals surface area contributed by atoms with Crippen LogP contribution in [-0.2, 0) is 5.60 Å². The quantitative estimate of drug-likeness (QED) is 0.740. The first-order chi connectivity index (χ1) is 6.04. The van der Waals surface area contributed by atoms with E-state index in [1.807, 2.05) is 0 Å². The minimum atomic E-state index is -0.759. The predicted molar refractivity (Wildman–Crippen MR) is 54.6 cm³/mol. The van der Waals surface area contributed by atoms with E-state index in [4.69, 9.17) is 34.8 Å². The van der Waals surface area contributed by atoms with Gasteiger partial charge in [-0.1, -0.05) is 40.9 Å². The van der Waals surface area contributed by atoms with Crippen molar-refractivity contribution in [2.75, 3.05) is 0 Å². The molecule has 1 N–H and O–H groups in total. The summed E-state index contributed by atoms with van der Waals surface area (Å²) in [6.07, 6.45) is 1.48. The average Bonchev–Trinajstić information content (AvgIpc) is 2.80. The Morgan fingerprint density at radius 3 is 2.23 bits per heavy atom. The maximum Gasteiger partial charge on any atom is 0.0913 e. The highest BCUT2D eigenvalue weighted by Gasteiger charge is 2.44. The van der Waals surface area contributed by atoms with Crippen LogP contribution in [0.3, 0.4) is 0 Å². The van der Waals surface area contributed by atoms with Crippen molar-refractivity contribution in [3.05, 3.63) is 32.8 Å². The number of benzene rings is 1. The third-order valence-electron chi connectivity index (χ3n) is 2.26. The van der Waals surface area contributed by atoms with Crippen LogP contribution in [0.5, 0.6) is 0 Å². The highest BCUT2D eigenvalue weighted by atomic mass is 35.5. The molecule has 0 saturated heterocycles. The summed E-state index contributed by atoms with van der Waals surface area (Å²) >= 11 is 17.5. The lowest BCUT2D eigenvalue weighted by atomic mass is 10.1. The van der Waals surface area contributed by atoms with Gasteiger partial charge in [0.25, 0.3) is 0 Å². The van der Waals surface area contributed by atoms with Gasteiger partial charge >= 0.3 is 0 Å². The molecule has 0 atom stereocenters. The van der Waals surface area contributed by atoms with Crippen LogP contribution in [0.4, 0.5) is 0 Å². The van der Waals surface area contributed by atoms with Crippen molar-refractivity contribution >= 4 is 34.8 Å². The van der Waals surface area contributed by atoms with Gasteiger partial charge < -0.3 is 5.11 Å². The molecule has 4 heteroatoms. The van der Waals surface area contributed by atoms with Crippen molar-refractivity contribution in [3.8, 4) is 0 Å². The molecular formula is C9H7Cl3O. The molecule has 0 spiro atoms. The molecule has 0 amide bonds. The zero-order chi connectivity index (χ0) is 9.64. The molecule has 13 heavy (non-hydrogen) atoms. The van der Waals surface area contributed by atoms with Gasteiger partial charge in [0.15, 0.2) is 0 Å². The summed E-state index contributed by atoms with van der Waals surface area (Å²) in [5.41, 5.74) is -0.0748. The van der Waals surface area contributed by atoms with Gasteiger partial charge in [-0.05, 0) is 18.9 Å². The summed E-state index contributed by atoms with van der Waals surface area (Å²) in [4.78, 5) is 0. The van der Waals surface area contributed by atoms with Gasteiger partial charge in [-0.25, -0.2) is 0 Å². The number of hydrogen-bond acceptors (Lipinski definition) is 1. The van der Waals surface area contributed by atoms with E-state index in [1.165, 1.54) is 0 Å². The summed E-state index contributed by atoms with van der Waals surface area (Å²) in [7, 11) is 0. The third-order valence-corrected chi connectivity index (χ3v) is 3.55. The molecule has 0 aliphatic heterocycles. The van der Waals surface area contributed by atoms with Gasteiger partial charge in [0.2, 0.25) is 0 Å². The Hall–Kier alpha value is 0.0500. The van der Waals surface area contributed by atoms with Crippen LogP contribution >= 0.6 is 34.8 Å². The second kappa shape index (κ2) is 3.03. The first kappa shape index (κ1) is 9.60. The van der Waals surface area contributed by atoms with Gasteiger partial charge in [0.1, 0.15) is 0 Å². The van der Waals surface area contributed by atoms with Gasteiger partial charge in [0.05, 0.1) is 20.7 Å². The lowest BCUT2D eigenvalue weighted by Crippen LogP contribution is -2.04. The van der Waals surface area contributed by atoms with Gasteiger partial charge in [-0.15, -0.1) is 0 Å². The fraction of sp³-hybridized carbons (Fsp3) is 0.333.